The maximum absolute atomic E-state index is 10.7. The summed E-state index contributed by atoms with van der Waals surface area (Å²) in [5.41, 5.74) is 10.4. The summed E-state index contributed by atoms with van der Waals surface area (Å²) in [6, 6.07) is -1.55. The van der Waals surface area contributed by atoms with Crippen LogP contribution < -0.4 is 22.1 Å². The van der Waals surface area contributed by atoms with Crippen molar-refractivity contribution >= 4 is 41.5 Å². The molecule has 2 unspecified atom stereocenters. The van der Waals surface area contributed by atoms with E-state index in [2.05, 4.69) is 15.5 Å². The molecule has 220 valence electrons. The van der Waals surface area contributed by atoms with Crippen molar-refractivity contribution in [3.05, 3.63) is 0 Å². The van der Waals surface area contributed by atoms with Gasteiger partial charge in [0.2, 0.25) is 11.8 Å². The summed E-state index contributed by atoms with van der Waals surface area (Å²) in [5.74, 6) is -3.98. The van der Waals surface area contributed by atoms with Gasteiger partial charge in [-0.2, -0.15) is 0 Å². The first-order valence-corrected chi connectivity index (χ1v) is 11.7. The number of hydrogen-bond acceptors (Lipinski definition) is 10. The molecule has 0 aliphatic carbocycles. The molecule has 1 rings (SSSR count). The normalized spacial score (nSPS) is 13.3. The van der Waals surface area contributed by atoms with Crippen LogP contribution in [0.4, 0.5) is 0 Å². The average Bonchev–Trinajstić information content (AvgIpc) is 3.10. The van der Waals surface area contributed by atoms with Gasteiger partial charge in [-0.05, 0) is 38.6 Å². The Morgan fingerprint density at radius 1 is 0.895 bits per heavy atom. The molecule has 0 spiro atoms. The Labute approximate surface area is 220 Å². The van der Waals surface area contributed by atoms with Gasteiger partial charge in [-0.25, -0.2) is 9.59 Å². The Bertz CT molecular complexity index is 776. The fourth-order valence-electron chi connectivity index (χ4n) is 2.66. The van der Waals surface area contributed by atoms with Crippen molar-refractivity contribution in [2.75, 3.05) is 13.1 Å². The van der Waals surface area contributed by atoms with Gasteiger partial charge in [0.05, 0.1) is 0 Å². The third kappa shape index (κ3) is 21.6. The van der Waals surface area contributed by atoms with Crippen LogP contribution >= 0.6 is 0 Å². The van der Waals surface area contributed by atoms with E-state index >= 15 is 0 Å². The quantitative estimate of drug-likeness (QED) is 0.109. The number of unbranched alkanes of at least 4 members (excludes halogenated alkanes) is 2. The first-order valence-electron chi connectivity index (χ1n) is 11.7. The molecule has 1 heterocycles. The topological polar surface area (TPSA) is 280 Å². The molecule has 1 fully saturated rings. The van der Waals surface area contributed by atoms with Gasteiger partial charge in [0.25, 0.3) is 11.8 Å². The molecular weight excluding hydrogens is 510 g/mol. The van der Waals surface area contributed by atoms with E-state index in [1.54, 1.807) is 0 Å². The molecule has 4 amide bonds. The molecule has 10 N–H and O–H groups in total. The minimum absolute atomic E-state index is 0. The molecule has 16 heteroatoms. The van der Waals surface area contributed by atoms with Crippen molar-refractivity contribution in [3.63, 3.8) is 0 Å². The second kappa shape index (κ2) is 22.6. The molecule has 38 heavy (non-hydrogen) atoms. The number of hydroxylamine groups is 2. The van der Waals surface area contributed by atoms with Gasteiger partial charge in [0.15, 0.2) is 0 Å². The van der Waals surface area contributed by atoms with Crippen molar-refractivity contribution in [3.8, 4) is 0 Å². The lowest BCUT2D eigenvalue weighted by atomic mass is 10.1. The van der Waals surface area contributed by atoms with Gasteiger partial charge in [-0.15, -0.1) is 5.06 Å². The smallest absolute Gasteiger partial charge is 0.330 e. The summed E-state index contributed by atoms with van der Waals surface area (Å²) < 4.78 is 0. The second-order valence-electron chi connectivity index (χ2n) is 7.96. The number of nitrogens with one attached hydrogen (secondary N) is 2. The highest BCUT2D eigenvalue weighted by Crippen LogP contribution is 2.11. The lowest BCUT2D eigenvalue weighted by Crippen LogP contribution is -2.39. The first-order chi connectivity index (χ1) is 17.2. The zero-order valence-corrected chi connectivity index (χ0v) is 22.0. The van der Waals surface area contributed by atoms with Gasteiger partial charge >= 0.3 is 17.9 Å². The van der Waals surface area contributed by atoms with E-state index in [1.165, 1.54) is 13.8 Å². The van der Waals surface area contributed by atoms with Crippen molar-refractivity contribution in [1.82, 2.24) is 15.7 Å². The largest absolute Gasteiger partial charge is 0.480 e. The maximum atomic E-state index is 10.7. The molecule has 2 atom stereocenters. The van der Waals surface area contributed by atoms with Gasteiger partial charge < -0.3 is 42.6 Å². The van der Waals surface area contributed by atoms with Crippen molar-refractivity contribution in [1.29, 1.82) is 0 Å². The Morgan fingerprint density at radius 2 is 1.42 bits per heavy atom. The third-order valence-electron chi connectivity index (χ3n) is 4.48. The lowest BCUT2D eigenvalue weighted by molar-refractivity contribution is -0.195. The highest BCUT2D eigenvalue weighted by atomic mass is 16.7. The molecular formula is C22H41N5O11. The number of hydrogen-bond donors (Lipinski definition) is 6. The standard InChI is InChI=1S/C10H18N2O4.C6H14N2O2.C6H7NO4.H2O/c1-7(13)11-6-4-3-5-9(10(15)16)12-8(2)14;7-4-2-1-3-5(8)6(9)10;1-4(8)11-7-5(9)2-3-6(7)10;/h9H,3-6H2,1-2H3,(H,11,13)(H,12,14)(H,15,16);5H,1-4,7-8H2,(H,9,10);2-3H2,1H3;1H2. The van der Waals surface area contributed by atoms with Crippen LogP contribution in [-0.4, -0.2) is 87.5 Å². The SMILES string of the molecule is CC(=O)NCCCCC(NC(C)=O)C(=O)O.CC(=O)ON1C(=O)CCC1=O.NCCCCC(N)C(=O)O.O. The number of nitrogens with zero attached hydrogens (tertiary/aromatic N) is 1. The Morgan fingerprint density at radius 3 is 1.82 bits per heavy atom. The van der Waals surface area contributed by atoms with E-state index in [9.17, 15) is 33.6 Å². The zero-order valence-electron chi connectivity index (χ0n) is 22.0. The van der Waals surface area contributed by atoms with Crippen LogP contribution in [0.25, 0.3) is 0 Å². The molecule has 0 saturated carbocycles. The fourth-order valence-corrected chi connectivity index (χ4v) is 2.66. The number of amides is 4. The highest BCUT2D eigenvalue weighted by molar-refractivity contribution is 6.01. The third-order valence-corrected chi connectivity index (χ3v) is 4.48. The number of aliphatic carboxylic acids is 2. The first kappa shape index (κ1) is 38.9. The number of rotatable bonds is 13. The minimum Gasteiger partial charge on any atom is -0.480 e. The molecule has 1 saturated heterocycles. The zero-order chi connectivity index (χ0) is 29.0. The van der Waals surface area contributed by atoms with Crippen LogP contribution in [0.15, 0.2) is 0 Å². The van der Waals surface area contributed by atoms with Crippen molar-refractivity contribution in [2.45, 2.75) is 84.2 Å². The molecule has 1 aliphatic rings. The van der Waals surface area contributed by atoms with Crippen molar-refractivity contribution < 1.29 is 54.1 Å². The van der Waals surface area contributed by atoms with Crippen LogP contribution in [0, 0.1) is 0 Å². The van der Waals surface area contributed by atoms with Gasteiger partial charge in [0.1, 0.15) is 12.1 Å². The van der Waals surface area contributed by atoms with E-state index in [0.717, 1.165) is 19.8 Å². The van der Waals surface area contributed by atoms with Gasteiger partial charge in [-0.3, -0.25) is 24.0 Å². The van der Waals surface area contributed by atoms with Gasteiger partial charge in [0, 0.05) is 40.2 Å². The predicted octanol–water partition coefficient (Wildman–Crippen LogP) is -1.80. The Hall–Kier alpha value is -3.63. The fraction of sp³-hybridized carbons (Fsp3) is 0.682. The lowest BCUT2D eigenvalue weighted by Gasteiger charge is -2.12. The molecule has 16 nitrogen and oxygen atoms in total. The van der Waals surface area contributed by atoms with E-state index in [4.69, 9.17) is 21.7 Å². The second-order valence-corrected chi connectivity index (χ2v) is 7.96. The summed E-state index contributed by atoms with van der Waals surface area (Å²) in [6.45, 7) is 4.98. The molecule has 0 radical (unpaired) electrons. The van der Waals surface area contributed by atoms with Gasteiger partial charge in [-0.1, -0.05) is 6.42 Å². The van der Waals surface area contributed by atoms with Crippen LogP contribution in [-0.2, 0) is 38.4 Å². The predicted molar refractivity (Wildman–Crippen MR) is 133 cm³/mol. The molecule has 0 bridgehead atoms. The number of nitrogens with two attached hydrogens (primary N) is 2. The molecule has 0 aromatic rings. The highest BCUT2D eigenvalue weighted by Gasteiger charge is 2.31. The number of carbonyl (C=O) groups is 7. The van der Waals surface area contributed by atoms with Crippen LogP contribution in [0.3, 0.4) is 0 Å². The van der Waals surface area contributed by atoms with Crippen LogP contribution in [0.2, 0.25) is 0 Å². The summed E-state index contributed by atoms with van der Waals surface area (Å²) in [5, 5.41) is 22.6. The number of imide groups is 1. The monoisotopic (exact) mass is 551 g/mol. The van der Waals surface area contributed by atoms with Crippen LogP contribution in [0.5, 0.6) is 0 Å². The Balaban J connectivity index is -0.000000494. The molecule has 0 aromatic carbocycles. The molecule has 0 aromatic heterocycles. The number of carboxylic acid groups (broad SMARTS) is 2. The summed E-state index contributed by atoms with van der Waals surface area (Å²) in [7, 11) is 0. The van der Waals surface area contributed by atoms with Crippen LogP contribution in [0.1, 0.15) is 72.1 Å². The summed E-state index contributed by atoms with van der Waals surface area (Å²) in [4.78, 5) is 78.2. The number of carboxylic acids is 2. The Kier molecular flexibility index (Phi) is 23.1. The van der Waals surface area contributed by atoms with Crippen molar-refractivity contribution in [2.24, 2.45) is 11.5 Å². The average molecular weight is 552 g/mol. The van der Waals surface area contributed by atoms with E-state index in [1.807, 2.05) is 0 Å². The van der Waals surface area contributed by atoms with E-state index < -0.39 is 41.8 Å². The summed E-state index contributed by atoms with van der Waals surface area (Å²) in [6.07, 6.45) is 4.13. The maximum Gasteiger partial charge on any atom is 0.330 e. The summed E-state index contributed by atoms with van der Waals surface area (Å²) >= 11 is 0. The van der Waals surface area contributed by atoms with E-state index in [0.29, 0.717) is 43.8 Å². The molecule has 1 aliphatic heterocycles. The van der Waals surface area contributed by atoms with E-state index in [-0.39, 0.29) is 30.1 Å². The minimum atomic E-state index is -1.03. The number of carbonyl (C=O) groups excluding carboxylic acids is 5.